The molecule has 3 unspecified atom stereocenters. The van der Waals surface area contributed by atoms with Crippen molar-refractivity contribution in [3.8, 4) is 11.4 Å². The second-order valence-electron chi connectivity index (χ2n) is 6.26. The summed E-state index contributed by atoms with van der Waals surface area (Å²) in [5, 5.41) is 12.5. The molecule has 0 aliphatic heterocycles. The maximum absolute atomic E-state index is 5.92. The lowest BCUT2D eigenvalue weighted by Gasteiger charge is -2.22. The fourth-order valence-electron chi connectivity index (χ4n) is 3.99. The lowest BCUT2D eigenvalue weighted by Crippen LogP contribution is -2.18. The van der Waals surface area contributed by atoms with Crippen molar-refractivity contribution in [2.75, 3.05) is 5.73 Å². The number of tetrazole rings is 1. The zero-order valence-corrected chi connectivity index (χ0v) is 11.7. The maximum atomic E-state index is 5.92. The van der Waals surface area contributed by atoms with Gasteiger partial charge in [0, 0.05) is 11.3 Å². The molecule has 2 aliphatic carbocycles. The fourth-order valence-corrected chi connectivity index (χ4v) is 3.99. The molecule has 0 spiro atoms. The van der Waals surface area contributed by atoms with Gasteiger partial charge in [-0.05, 0) is 66.1 Å². The van der Waals surface area contributed by atoms with Crippen molar-refractivity contribution < 1.29 is 0 Å². The summed E-state index contributed by atoms with van der Waals surface area (Å²) in [7, 11) is 0. The second-order valence-corrected chi connectivity index (χ2v) is 6.26. The molecular formula is C15H19N5. The van der Waals surface area contributed by atoms with Gasteiger partial charge in [-0.1, -0.05) is 12.5 Å². The molecule has 2 N–H and O–H groups in total. The predicted molar refractivity (Wildman–Crippen MR) is 76.9 cm³/mol. The van der Waals surface area contributed by atoms with Crippen LogP contribution < -0.4 is 5.73 Å². The molecule has 1 aromatic heterocycles. The summed E-state index contributed by atoms with van der Waals surface area (Å²) in [5.74, 6) is 2.50. The molecule has 104 valence electrons. The van der Waals surface area contributed by atoms with Gasteiger partial charge in [-0.25, -0.2) is 4.68 Å². The second kappa shape index (κ2) is 4.30. The zero-order chi connectivity index (χ0) is 13.7. The number of aromatic nitrogens is 4. The first kappa shape index (κ1) is 11.9. The third kappa shape index (κ3) is 1.72. The number of nitrogens with two attached hydrogens (primary N) is 1. The molecule has 0 amide bonds. The van der Waals surface area contributed by atoms with Gasteiger partial charge in [-0.3, -0.25) is 0 Å². The molecular weight excluding hydrogens is 250 g/mol. The summed E-state index contributed by atoms with van der Waals surface area (Å²) < 4.78 is 2.05. The highest BCUT2D eigenvalue weighted by Crippen LogP contribution is 2.51. The van der Waals surface area contributed by atoms with Gasteiger partial charge in [0.15, 0.2) is 5.82 Å². The number of aryl methyl sites for hydroxylation is 1. The van der Waals surface area contributed by atoms with Gasteiger partial charge >= 0.3 is 0 Å². The van der Waals surface area contributed by atoms with E-state index in [4.69, 9.17) is 5.73 Å². The molecule has 3 atom stereocenters. The van der Waals surface area contributed by atoms with Crippen LogP contribution in [0, 0.1) is 18.8 Å². The standard InChI is InChI=1S/C15H19N5/c1-9-2-5-12(16)8-13(9)15-17-18-19-20(15)14-7-10-3-4-11(14)6-10/h2,5,8,10-11,14H,3-4,6-7,16H2,1H3. The normalized spacial score (nSPS) is 28.1. The molecule has 5 heteroatoms. The van der Waals surface area contributed by atoms with Crippen LogP contribution in [0.3, 0.4) is 0 Å². The predicted octanol–water partition coefficient (Wildman–Crippen LogP) is 2.59. The Morgan fingerprint density at radius 1 is 1.25 bits per heavy atom. The maximum Gasteiger partial charge on any atom is 0.182 e. The van der Waals surface area contributed by atoms with E-state index in [1.165, 1.54) is 31.2 Å². The molecule has 1 heterocycles. The Morgan fingerprint density at radius 3 is 2.90 bits per heavy atom. The third-order valence-corrected chi connectivity index (χ3v) is 5.01. The van der Waals surface area contributed by atoms with Crippen LogP contribution >= 0.6 is 0 Å². The minimum Gasteiger partial charge on any atom is -0.399 e. The van der Waals surface area contributed by atoms with Crippen LogP contribution in [0.5, 0.6) is 0 Å². The Bertz CT molecular complexity index is 647. The molecule has 4 rings (SSSR count). The summed E-state index contributed by atoms with van der Waals surface area (Å²) in [6.45, 7) is 2.08. The lowest BCUT2D eigenvalue weighted by molar-refractivity contribution is 0.304. The Kier molecular flexibility index (Phi) is 2.55. The smallest absolute Gasteiger partial charge is 0.182 e. The van der Waals surface area contributed by atoms with Crippen LogP contribution in [0.15, 0.2) is 18.2 Å². The monoisotopic (exact) mass is 269 g/mol. The van der Waals surface area contributed by atoms with Gasteiger partial charge in [0.2, 0.25) is 0 Å². The fraction of sp³-hybridized carbons (Fsp3) is 0.533. The van der Waals surface area contributed by atoms with E-state index in [0.29, 0.717) is 6.04 Å². The van der Waals surface area contributed by atoms with E-state index in [1.54, 1.807) is 0 Å². The van der Waals surface area contributed by atoms with Gasteiger partial charge in [0.1, 0.15) is 0 Å². The van der Waals surface area contributed by atoms with Crippen LogP contribution in [-0.4, -0.2) is 20.2 Å². The van der Waals surface area contributed by atoms with Crippen molar-refractivity contribution in [3.05, 3.63) is 23.8 Å². The summed E-state index contributed by atoms with van der Waals surface area (Å²) in [5.41, 5.74) is 8.90. The zero-order valence-electron chi connectivity index (χ0n) is 11.7. The van der Waals surface area contributed by atoms with E-state index in [2.05, 4.69) is 22.4 Å². The largest absolute Gasteiger partial charge is 0.399 e. The first-order valence-electron chi connectivity index (χ1n) is 7.36. The van der Waals surface area contributed by atoms with Crippen LogP contribution in [-0.2, 0) is 0 Å². The highest BCUT2D eigenvalue weighted by atomic mass is 15.6. The first-order valence-corrected chi connectivity index (χ1v) is 7.36. The van der Waals surface area contributed by atoms with Gasteiger partial charge in [0.05, 0.1) is 6.04 Å². The Morgan fingerprint density at radius 2 is 2.15 bits per heavy atom. The van der Waals surface area contributed by atoms with E-state index < -0.39 is 0 Å². The van der Waals surface area contributed by atoms with Gasteiger partial charge in [-0.2, -0.15) is 0 Å². The number of nitrogens with zero attached hydrogens (tertiary/aromatic N) is 4. The van der Waals surface area contributed by atoms with Crippen molar-refractivity contribution in [3.63, 3.8) is 0 Å². The third-order valence-electron chi connectivity index (χ3n) is 5.01. The van der Waals surface area contributed by atoms with E-state index in [1.807, 2.05) is 22.9 Å². The highest BCUT2D eigenvalue weighted by Gasteiger charge is 2.42. The van der Waals surface area contributed by atoms with Crippen LogP contribution in [0.25, 0.3) is 11.4 Å². The average molecular weight is 269 g/mol. The average Bonchev–Trinajstić information content (AvgIpc) is 3.15. The van der Waals surface area contributed by atoms with Crippen molar-refractivity contribution in [1.29, 1.82) is 0 Å². The number of anilines is 1. The number of nitrogen functional groups attached to an aromatic ring is 1. The van der Waals surface area contributed by atoms with Crippen LogP contribution in [0.2, 0.25) is 0 Å². The minimum absolute atomic E-state index is 0.472. The number of fused-ring (bicyclic) bond motifs is 2. The Balaban J connectivity index is 1.77. The SMILES string of the molecule is Cc1ccc(N)cc1-c1nnnn1C1CC2CCC1C2. The van der Waals surface area contributed by atoms with Crippen molar-refractivity contribution in [2.24, 2.45) is 11.8 Å². The summed E-state index contributed by atoms with van der Waals surface area (Å²) in [6.07, 6.45) is 5.28. The lowest BCUT2D eigenvalue weighted by atomic mass is 9.95. The van der Waals surface area contributed by atoms with Gasteiger partial charge < -0.3 is 5.73 Å². The van der Waals surface area contributed by atoms with E-state index >= 15 is 0 Å². The molecule has 1 aromatic carbocycles. The Labute approximate surface area is 118 Å². The minimum atomic E-state index is 0.472. The number of hydrogen-bond acceptors (Lipinski definition) is 4. The van der Waals surface area contributed by atoms with Crippen LogP contribution in [0.4, 0.5) is 5.69 Å². The molecule has 2 saturated carbocycles. The molecule has 0 radical (unpaired) electrons. The molecule has 5 nitrogen and oxygen atoms in total. The van der Waals surface area contributed by atoms with Gasteiger partial charge in [0.25, 0.3) is 0 Å². The summed E-state index contributed by atoms with van der Waals surface area (Å²) >= 11 is 0. The molecule has 2 aliphatic rings. The quantitative estimate of drug-likeness (QED) is 0.851. The molecule has 2 aromatic rings. The van der Waals surface area contributed by atoms with Crippen molar-refractivity contribution in [2.45, 2.75) is 38.6 Å². The van der Waals surface area contributed by atoms with E-state index in [0.717, 1.165) is 28.9 Å². The van der Waals surface area contributed by atoms with Crippen LogP contribution in [0.1, 0.15) is 37.3 Å². The molecule has 2 fully saturated rings. The number of hydrogen-bond donors (Lipinski definition) is 1. The van der Waals surface area contributed by atoms with Crippen molar-refractivity contribution >= 4 is 5.69 Å². The summed E-state index contributed by atoms with van der Waals surface area (Å²) in [6, 6.07) is 6.40. The number of benzene rings is 1. The molecule has 2 bridgehead atoms. The highest BCUT2D eigenvalue weighted by molar-refractivity contribution is 5.65. The van der Waals surface area contributed by atoms with E-state index in [9.17, 15) is 0 Å². The first-order chi connectivity index (χ1) is 9.72. The topological polar surface area (TPSA) is 69.6 Å². The Hall–Kier alpha value is -1.91. The van der Waals surface area contributed by atoms with Crippen molar-refractivity contribution in [1.82, 2.24) is 20.2 Å². The molecule has 0 saturated heterocycles. The number of rotatable bonds is 2. The molecule has 20 heavy (non-hydrogen) atoms. The van der Waals surface area contributed by atoms with Gasteiger partial charge in [-0.15, -0.1) is 5.10 Å². The summed E-state index contributed by atoms with van der Waals surface area (Å²) in [4.78, 5) is 0. The van der Waals surface area contributed by atoms with E-state index in [-0.39, 0.29) is 0 Å².